The van der Waals surface area contributed by atoms with Crippen LogP contribution in [0.4, 0.5) is 0 Å². The molecule has 0 aliphatic heterocycles. The van der Waals surface area contributed by atoms with Crippen LogP contribution in [0, 0.1) is 36.5 Å². The fraction of sp³-hybridized carbons (Fsp3) is 0.0769. The Kier molecular flexibility index (Phi) is 4.40. The summed E-state index contributed by atoms with van der Waals surface area (Å²) in [4.78, 5) is 0. The Hall–Kier alpha value is -3.88. The van der Waals surface area contributed by atoms with E-state index in [0.29, 0.717) is 11.1 Å². The largest absolute Gasteiger partial charge is 0.192 e. The Morgan fingerprint density at radius 2 is 1.21 bits per heavy atom. The van der Waals surface area contributed by atoms with E-state index in [2.05, 4.69) is 50.3 Å². The third-order valence-electron chi connectivity index (χ3n) is 5.31. The van der Waals surface area contributed by atoms with E-state index in [1.165, 1.54) is 11.1 Å². The van der Waals surface area contributed by atoms with Crippen LogP contribution in [-0.4, -0.2) is 0 Å². The highest BCUT2D eigenvalue weighted by molar-refractivity contribution is 6.00. The molecule has 0 aliphatic carbocycles. The van der Waals surface area contributed by atoms with Gasteiger partial charge in [-0.2, -0.15) is 10.5 Å². The highest BCUT2D eigenvalue weighted by Crippen LogP contribution is 2.34. The highest BCUT2D eigenvalue weighted by atomic mass is 14.3. The minimum absolute atomic E-state index is 0.647. The van der Waals surface area contributed by atoms with Crippen molar-refractivity contribution in [2.24, 2.45) is 0 Å². The van der Waals surface area contributed by atoms with E-state index in [1.807, 2.05) is 48.5 Å². The average molecular weight is 358 g/mol. The van der Waals surface area contributed by atoms with E-state index < -0.39 is 0 Å². The summed E-state index contributed by atoms with van der Waals surface area (Å²) in [5, 5.41) is 21.1. The van der Waals surface area contributed by atoms with Crippen molar-refractivity contribution in [2.75, 3.05) is 0 Å². The van der Waals surface area contributed by atoms with Gasteiger partial charge >= 0.3 is 0 Å². The van der Waals surface area contributed by atoms with Gasteiger partial charge in [0.2, 0.25) is 0 Å². The molecule has 0 N–H and O–H groups in total. The average Bonchev–Trinajstić information content (AvgIpc) is 2.74. The number of hydrogen-bond acceptors (Lipinski definition) is 2. The van der Waals surface area contributed by atoms with Crippen molar-refractivity contribution in [3.63, 3.8) is 0 Å². The number of nitriles is 2. The standard InChI is InChI=1S/C26H18N2/c1-17-7-8-19(13-18(17)2)23-11-9-20(14-22(23)16-28)25-12-10-21(15-27)24-5-3-4-6-26(24)25/h3-14H,1-2H3. The first-order valence-electron chi connectivity index (χ1n) is 9.16. The molecule has 4 aromatic rings. The van der Waals surface area contributed by atoms with Crippen LogP contribution in [0.3, 0.4) is 0 Å². The maximum absolute atomic E-state index is 9.78. The second-order valence-corrected chi connectivity index (χ2v) is 6.99. The monoisotopic (exact) mass is 358 g/mol. The maximum atomic E-state index is 9.78. The molecule has 0 fully saturated rings. The minimum atomic E-state index is 0.647. The van der Waals surface area contributed by atoms with Crippen LogP contribution < -0.4 is 0 Å². The zero-order valence-corrected chi connectivity index (χ0v) is 15.8. The van der Waals surface area contributed by atoms with Gasteiger partial charge in [-0.1, -0.05) is 60.7 Å². The summed E-state index contributed by atoms with van der Waals surface area (Å²) in [5.41, 5.74) is 7.75. The van der Waals surface area contributed by atoms with E-state index in [9.17, 15) is 10.5 Å². The highest BCUT2D eigenvalue weighted by Gasteiger charge is 2.11. The fourth-order valence-electron chi connectivity index (χ4n) is 3.61. The molecule has 0 radical (unpaired) electrons. The van der Waals surface area contributed by atoms with Gasteiger partial charge in [0.05, 0.1) is 23.3 Å². The van der Waals surface area contributed by atoms with Gasteiger partial charge in [0.1, 0.15) is 0 Å². The van der Waals surface area contributed by atoms with Crippen molar-refractivity contribution in [3.05, 3.63) is 95.1 Å². The van der Waals surface area contributed by atoms with E-state index in [4.69, 9.17) is 0 Å². The Morgan fingerprint density at radius 1 is 0.571 bits per heavy atom. The topological polar surface area (TPSA) is 47.6 Å². The number of nitrogens with zero attached hydrogens (tertiary/aromatic N) is 2. The summed E-state index contributed by atoms with van der Waals surface area (Å²) < 4.78 is 0. The smallest absolute Gasteiger partial charge is 0.0998 e. The molecule has 0 unspecified atom stereocenters. The van der Waals surface area contributed by atoms with Crippen LogP contribution in [0.25, 0.3) is 33.0 Å². The Bertz CT molecular complexity index is 1300. The molecule has 132 valence electrons. The number of aryl methyl sites for hydroxylation is 2. The predicted molar refractivity (Wildman–Crippen MR) is 114 cm³/mol. The number of hydrogen-bond donors (Lipinski definition) is 0. The molecule has 0 heterocycles. The first kappa shape index (κ1) is 17.5. The summed E-state index contributed by atoms with van der Waals surface area (Å²) in [6.45, 7) is 4.17. The Morgan fingerprint density at radius 3 is 1.93 bits per heavy atom. The van der Waals surface area contributed by atoms with Crippen LogP contribution in [0.1, 0.15) is 22.3 Å². The SMILES string of the molecule is Cc1ccc(-c2ccc(-c3ccc(C#N)c4ccccc34)cc2C#N)cc1C. The maximum Gasteiger partial charge on any atom is 0.0998 e. The van der Waals surface area contributed by atoms with E-state index >= 15 is 0 Å². The van der Waals surface area contributed by atoms with Crippen LogP contribution in [-0.2, 0) is 0 Å². The zero-order chi connectivity index (χ0) is 19.7. The predicted octanol–water partition coefficient (Wildman–Crippen LogP) is 6.53. The van der Waals surface area contributed by atoms with E-state index in [1.54, 1.807) is 0 Å². The molecule has 2 nitrogen and oxygen atoms in total. The first-order valence-corrected chi connectivity index (χ1v) is 9.16. The summed E-state index contributed by atoms with van der Waals surface area (Å²) in [7, 11) is 0. The molecule has 0 aromatic heterocycles. The van der Waals surface area contributed by atoms with Crippen molar-refractivity contribution in [1.82, 2.24) is 0 Å². The number of fused-ring (bicyclic) bond motifs is 1. The van der Waals surface area contributed by atoms with Gasteiger partial charge in [0.15, 0.2) is 0 Å². The molecule has 0 atom stereocenters. The summed E-state index contributed by atoms with van der Waals surface area (Å²) >= 11 is 0. The fourth-order valence-corrected chi connectivity index (χ4v) is 3.61. The van der Waals surface area contributed by atoms with Crippen LogP contribution in [0.5, 0.6) is 0 Å². The van der Waals surface area contributed by atoms with Crippen LogP contribution >= 0.6 is 0 Å². The molecule has 0 amide bonds. The second-order valence-electron chi connectivity index (χ2n) is 6.99. The van der Waals surface area contributed by atoms with Crippen molar-refractivity contribution in [2.45, 2.75) is 13.8 Å². The molecular weight excluding hydrogens is 340 g/mol. The van der Waals surface area contributed by atoms with Crippen molar-refractivity contribution >= 4 is 10.8 Å². The molecule has 0 saturated carbocycles. The van der Waals surface area contributed by atoms with Gasteiger partial charge in [-0.05, 0) is 64.7 Å². The zero-order valence-electron chi connectivity index (χ0n) is 15.8. The van der Waals surface area contributed by atoms with E-state index in [-0.39, 0.29) is 0 Å². The number of rotatable bonds is 2. The van der Waals surface area contributed by atoms with Crippen molar-refractivity contribution < 1.29 is 0 Å². The molecular formula is C26H18N2. The van der Waals surface area contributed by atoms with Gasteiger partial charge in [-0.15, -0.1) is 0 Å². The molecule has 2 heteroatoms. The molecule has 0 spiro atoms. The van der Waals surface area contributed by atoms with Crippen molar-refractivity contribution in [3.8, 4) is 34.4 Å². The summed E-state index contributed by atoms with van der Waals surface area (Å²) in [6, 6.07) is 28.6. The quantitative estimate of drug-likeness (QED) is 0.409. The normalized spacial score (nSPS) is 10.4. The summed E-state index contributed by atoms with van der Waals surface area (Å²) in [6.07, 6.45) is 0. The first-order chi connectivity index (χ1) is 13.6. The summed E-state index contributed by atoms with van der Waals surface area (Å²) in [5.74, 6) is 0. The molecule has 28 heavy (non-hydrogen) atoms. The lowest BCUT2D eigenvalue weighted by molar-refractivity contribution is 1.34. The molecule has 4 aromatic carbocycles. The van der Waals surface area contributed by atoms with Crippen molar-refractivity contribution in [1.29, 1.82) is 10.5 Å². The lowest BCUT2D eigenvalue weighted by Gasteiger charge is -2.12. The molecule has 0 aliphatic rings. The Balaban J connectivity index is 1.90. The van der Waals surface area contributed by atoms with Gasteiger partial charge in [-0.25, -0.2) is 0 Å². The van der Waals surface area contributed by atoms with Crippen LogP contribution in [0.15, 0.2) is 72.8 Å². The van der Waals surface area contributed by atoms with Gasteiger partial charge in [-0.3, -0.25) is 0 Å². The molecule has 0 saturated heterocycles. The van der Waals surface area contributed by atoms with Gasteiger partial charge in [0.25, 0.3) is 0 Å². The lowest BCUT2D eigenvalue weighted by atomic mass is 9.91. The third-order valence-corrected chi connectivity index (χ3v) is 5.31. The van der Waals surface area contributed by atoms with Gasteiger partial charge < -0.3 is 0 Å². The Labute approximate surface area is 164 Å². The number of benzene rings is 4. The van der Waals surface area contributed by atoms with Crippen LogP contribution in [0.2, 0.25) is 0 Å². The molecule has 4 rings (SSSR count). The lowest BCUT2D eigenvalue weighted by Crippen LogP contribution is -1.90. The van der Waals surface area contributed by atoms with Gasteiger partial charge in [0, 0.05) is 5.39 Å². The second kappa shape index (κ2) is 7.03. The third kappa shape index (κ3) is 2.92. The minimum Gasteiger partial charge on any atom is -0.192 e. The molecule has 0 bridgehead atoms. The van der Waals surface area contributed by atoms with E-state index in [0.717, 1.165) is 33.0 Å².